The molecule has 0 heterocycles. The third-order valence-electron chi connectivity index (χ3n) is 12.6. The van der Waals surface area contributed by atoms with Crippen molar-refractivity contribution >= 4 is 5.91 Å². The highest BCUT2D eigenvalue weighted by atomic mass is 16.3. The summed E-state index contributed by atoms with van der Waals surface area (Å²) in [5, 5.41) is 43.9. The Balaban J connectivity index is 3.72. The zero-order valence-corrected chi connectivity index (χ0v) is 40.7. The van der Waals surface area contributed by atoms with Crippen molar-refractivity contribution in [1.29, 1.82) is 0 Å². The third-order valence-corrected chi connectivity index (χ3v) is 12.6. The smallest absolute Gasteiger partial charge is 0.249 e. The number of hydrogen-bond donors (Lipinski definition) is 5. The summed E-state index contributed by atoms with van der Waals surface area (Å²) >= 11 is 0. The van der Waals surface area contributed by atoms with Crippen molar-refractivity contribution in [1.82, 2.24) is 5.32 Å². The van der Waals surface area contributed by atoms with Gasteiger partial charge in [0.05, 0.1) is 18.8 Å². The van der Waals surface area contributed by atoms with Crippen LogP contribution < -0.4 is 5.32 Å². The van der Waals surface area contributed by atoms with Crippen LogP contribution in [0.1, 0.15) is 277 Å². The van der Waals surface area contributed by atoms with Crippen molar-refractivity contribution in [2.75, 3.05) is 6.61 Å². The summed E-state index contributed by atoms with van der Waals surface area (Å²) in [5.74, 6) is -0.599. The van der Waals surface area contributed by atoms with Crippen LogP contribution in [-0.4, -0.2) is 57.3 Å². The summed E-state index contributed by atoms with van der Waals surface area (Å²) in [6.07, 6.45) is 60.6. The fourth-order valence-electron chi connectivity index (χ4n) is 8.30. The van der Waals surface area contributed by atoms with Gasteiger partial charge in [-0.2, -0.15) is 0 Å². The lowest BCUT2D eigenvalue weighted by Gasteiger charge is -2.27. The van der Waals surface area contributed by atoms with E-state index in [4.69, 9.17) is 0 Å². The molecule has 0 fully saturated rings. The van der Waals surface area contributed by atoms with Crippen LogP contribution in [0.25, 0.3) is 0 Å². The van der Waals surface area contributed by atoms with Gasteiger partial charge in [0.2, 0.25) is 5.91 Å². The predicted octanol–water partition coefficient (Wildman–Crippen LogP) is 15.2. The first-order valence-electron chi connectivity index (χ1n) is 26.9. The molecular weight excluding hydrogens is 755 g/mol. The molecule has 0 rings (SSSR count). The van der Waals surface area contributed by atoms with Crippen LogP contribution in [0.4, 0.5) is 0 Å². The first kappa shape index (κ1) is 59.5. The average molecular weight is 860 g/mol. The van der Waals surface area contributed by atoms with Gasteiger partial charge in [0.15, 0.2) is 0 Å². The maximum Gasteiger partial charge on any atom is 0.249 e. The molecule has 6 heteroatoms. The summed E-state index contributed by atoms with van der Waals surface area (Å²) in [4.78, 5) is 12.6. The van der Waals surface area contributed by atoms with E-state index in [-0.39, 0.29) is 0 Å². The van der Waals surface area contributed by atoms with Crippen molar-refractivity contribution in [3.8, 4) is 0 Å². The highest BCUT2D eigenvalue weighted by Gasteiger charge is 2.28. The number of carbonyl (C=O) groups is 1. The van der Waals surface area contributed by atoms with E-state index >= 15 is 0 Å². The number of allylic oxidation sites excluding steroid dienone is 6. The molecule has 0 saturated carbocycles. The predicted molar refractivity (Wildman–Crippen MR) is 265 cm³/mol. The molecule has 4 atom stereocenters. The van der Waals surface area contributed by atoms with Gasteiger partial charge >= 0.3 is 0 Å². The van der Waals surface area contributed by atoms with Crippen LogP contribution in [-0.2, 0) is 4.79 Å². The first-order chi connectivity index (χ1) is 30.0. The van der Waals surface area contributed by atoms with E-state index in [0.717, 1.165) is 38.5 Å². The van der Waals surface area contributed by atoms with Crippen LogP contribution in [0.15, 0.2) is 36.5 Å². The molecule has 0 saturated heterocycles. The normalized spacial score (nSPS) is 14.1. The van der Waals surface area contributed by atoms with E-state index in [1.54, 1.807) is 0 Å². The molecule has 61 heavy (non-hydrogen) atoms. The Bertz CT molecular complexity index is 966. The van der Waals surface area contributed by atoms with Gasteiger partial charge in [-0.05, 0) is 77.0 Å². The van der Waals surface area contributed by atoms with Gasteiger partial charge in [0, 0.05) is 0 Å². The molecule has 0 bridgehead atoms. The number of nitrogens with one attached hydrogen (secondary N) is 1. The Morgan fingerprint density at radius 3 is 1.03 bits per heavy atom. The Kier molecular flexibility index (Phi) is 48.3. The summed E-state index contributed by atoms with van der Waals surface area (Å²) in [6.45, 7) is 4.06. The van der Waals surface area contributed by atoms with Gasteiger partial charge in [-0.3, -0.25) is 4.79 Å². The Morgan fingerprint density at radius 1 is 0.393 bits per heavy atom. The highest BCUT2D eigenvalue weighted by Crippen LogP contribution is 2.16. The zero-order chi connectivity index (χ0) is 44.5. The lowest BCUT2D eigenvalue weighted by Crippen LogP contribution is -2.53. The zero-order valence-electron chi connectivity index (χ0n) is 40.7. The topological polar surface area (TPSA) is 110 Å². The SMILES string of the molecule is CCCCCCCCCCCCCC/C=C\CCCCCCCCCC(O)C(=O)NC(CO)C(O)C(O)CCC/C=C/CC/C=C/CCCCCCCCCCCCCCC. The number of carbonyl (C=O) groups excluding carboxylic acids is 1. The van der Waals surface area contributed by atoms with E-state index < -0.39 is 36.9 Å². The van der Waals surface area contributed by atoms with Crippen LogP contribution >= 0.6 is 0 Å². The monoisotopic (exact) mass is 860 g/mol. The Hall–Kier alpha value is -1.47. The van der Waals surface area contributed by atoms with Gasteiger partial charge in [0.1, 0.15) is 12.2 Å². The van der Waals surface area contributed by atoms with Gasteiger partial charge in [-0.15, -0.1) is 0 Å². The molecule has 0 aromatic carbocycles. The molecule has 0 aliphatic rings. The number of hydrogen-bond acceptors (Lipinski definition) is 5. The number of unbranched alkanes of at least 4 members (excludes halogenated alkanes) is 34. The summed E-state index contributed by atoms with van der Waals surface area (Å²) in [7, 11) is 0. The second kappa shape index (κ2) is 49.5. The van der Waals surface area contributed by atoms with Crippen LogP contribution in [0.5, 0.6) is 0 Å². The molecule has 1 amide bonds. The third kappa shape index (κ3) is 43.6. The van der Waals surface area contributed by atoms with Crippen LogP contribution in [0.2, 0.25) is 0 Å². The molecule has 4 unspecified atom stereocenters. The van der Waals surface area contributed by atoms with Gasteiger partial charge in [-0.1, -0.05) is 237 Å². The van der Waals surface area contributed by atoms with Crippen molar-refractivity contribution in [2.24, 2.45) is 0 Å². The molecular formula is C55H105NO5. The van der Waals surface area contributed by atoms with Crippen molar-refractivity contribution in [2.45, 2.75) is 301 Å². The minimum atomic E-state index is -1.29. The summed E-state index contributed by atoms with van der Waals surface area (Å²) in [5.41, 5.74) is 0. The average Bonchev–Trinajstić information content (AvgIpc) is 3.26. The number of amides is 1. The molecule has 360 valence electrons. The molecule has 0 radical (unpaired) electrons. The summed E-state index contributed by atoms with van der Waals surface area (Å²) < 4.78 is 0. The van der Waals surface area contributed by atoms with Crippen LogP contribution in [0.3, 0.4) is 0 Å². The van der Waals surface area contributed by atoms with E-state index in [2.05, 4.69) is 55.6 Å². The maximum absolute atomic E-state index is 12.6. The molecule has 0 spiro atoms. The van der Waals surface area contributed by atoms with E-state index in [1.807, 2.05) is 0 Å². The largest absolute Gasteiger partial charge is 0.394 e. The molecule has 5 N–H and O–H groups in total. The molecule has 0 aliphatic carbocycles. The lowest BCUT2D eigenvalue weighted by atomic mass is 10.00. The Morgan fingerprint density at radius 2 is 0.689 bits per heavy atom. The minimum absolute atomic E-state index is 0.355. The van der Waals surface area contributed by atoms with Crippen molar-refractivity contribution in [3.05, 3.63) is 36.5 Å². The van der Waals surface area contributed by atoms with Gasteiger partial charge in [-0.25, -0.2) is 0 Å². The standard InChI is InChI=1S/C55H105NO5/c1-3-5-7-9-11-13-15-17-19-21-23-25-27-29-31-33-35-37-39-41-43-45-47-49-53(59)55(61)56-51(50-57)54(60)52(58)48-46-44-42-40-38-36-34-32-30-28-26-24-22-20-18-16-14-12-10-8-6-4-2/h29,31-32,34,40,42,51-54,57-60H,3-28,30,33,35-39,41,43-50H2,1-2H3,(H,56,61)/b31-29-,34-32+,42-40+. The molecule has 0 aromatic heterocycles. The second-order valence-electron chi connectivity index (χ2n) is 18.6. The quantitative estimate of drug-likeness (QED) is 0.0309. The van der Waals surface area contributed by atoms with Crippen molar-refractivity contribution in [3.63, 3.8) is 0 Å². The maximum atomic E-state index is 12.6. The van der Waals surface area contributed by atoms with Gasteiger partial charge in [0.25, 0.3) is 0 Å². The van der Waals surface area contributed by atoms with E-state index in [1.165, 1.54) is 205 Å². The van der Waals surface area contributed by atoms with E-state index in [9.17, 15) is 25.2 Å². The van der Waals surface area contributed by atoms with E-state index in [0.29, 0.717) is 19.3 Å². The number of rotatable bonds is 49. The lowest BCUT2D eigenvalue weighted by molar-refractivity contribution is -0.132. The first-order valence-corrected chi connectivity index (χ1v) is 26.9. The second-order valence-corrected chi connectivity index (χ2v) is 18.6. The molecule has 0 aromatic rings. The fourth-order valence-corrected chi connectivity index (χ4v) is 8.30. The number of aliphatic hydroxyl groups is 4. The molecule has 0 aliphatic heterocycles. The Labute approximate surface area is 379 Å². The highest BCUT2D eigenvalue weighted by molar-refractivity contribution is 5.80. The minimum Gasteiger partial charge on any atom is -0.394 e. The molecule has 6 nitrogen and oxygen atoms in total. The summed E-state index contributed by atoms with van der Waals surface area (Å²) in [6, 6.07) is -1.01. The van der Waals surface area contributed by atoms with Crippen molar-refractivity contribution < 1.29 is 25.2 Å². The fraction of sp³-hybridized carbons (Fsp3) is 0.873. The van der Waals surface area contributed by atoms with Gasteiger partial charge < -0.3 is 25.7 Å². The van der Waals surface area contributed by atoms with Crippen LogP contribution in [0, 0.1) is 0 Å². The number of aliphatic hydroxyl groups excluding tert-OH is 4.